The number of carbonyl (C=O) groups excluding carboxylic acids is 2. The fourth-order valence-electron chi connectivity index (χ4n) is 4.73. The molecule has 14 heteroatoms. The molecule has 1 fully saturated rings. The highest BCUT2D eigenvalue weighted by atomic mass is 16.7. The quantitative estimate of drug-likeness (QED) is 0.121. The van der Waals surface area contributed by atoms with Crippen molar-refractivity contribution >= 4 is 29.0 Å². The maximum absolute atomic E-state index is 13.7. The van der Waals surface area contributed by atoms with Gasteiger partial charge in [-0.15, -0.1) is 0 Å². The van der Waals surface area contributed by atoms with Crippen molar-refractivity contribution < 1.29 is 63.6 Å². The Morgan fingerprint density at radius 3 is 2.20 bits per heavy atom. The molecule has 0 spiro atoms. The minimum atomic E-state index is -1.93. The molecule has 5 unspecified atom stereocenters. The van der Waals surface area contributed by atoms with Crippen molar-refractivity contribution in [2.45, 2.75) is 37.6 Å². The van der Waals surface area contributed by atoms with E-state index in [2.05, 4.69) is 0 Å². The summed E-state index contributed by atoms with van der Waals surface area (Å²) in [6.45, 7) is 0.456. The van der Waals surface area contributed by atoms with Gasteiger partial charge in [0.1, 0.15) is 58.9 Å². The second-order valence-corrected chi connectivity index (χ2v) is 10.2. The number of hydrogen-bond donors (Lipinski definition) is 6. The summed E-state index contributed by atoms with van der Waals surface area (Å²) in [4.78, 5) is 37.9. The summed E-state index contributed by atoms with van der Waals surface area (Å²) in [5.41, 5.74) is -0.391. The van der Waals surface area contributed by atoms with E-state index < -0.39 is 71.9 Å². The van der Waals surface area contributed by atoms with E-state index >= 15 is 0 Å². The predicted molar refractivity (Wildman–Crippen MR) is 158 cm³/mol. The third kappa shape index (κ3) is 6.89. The standard InChI is InChI=1S/C32H28O14/c1-15(33)43-30-23(14-42-24(38)11-4-16-2-7-18(34)8-3-16)45-32(28(41)27(30)40)46-31-26(39)25-21(37)12-20(36)13-22(25)44-29(31)17-5-9-19(35)10-6-17/h2-13,23,27-28,30,32,34-37,40-41H,14H2,1H3. The number of rotatable bonds is 8. The monoisotopic (exact) mass is 636 g/mol. The fourth-order valence-corrected chi connectivity index (χ4v) is 4.73. The van der Waals surface area contributed by atoms with Crippen molar-refractivity contribution in [3.05, 3.63) is 82.5 Å². The summed E-state index contributed by atoms with van der Waals surface area (Å²) in [7, 11) is 0. The number of carbonyl (C=O) groups is 2. The van der Waals surface area contributed by atoms with Crippen molar-refractivity contribution in [1.29, 1.82) is 0 Å². The van der Waals surface area contributed by atoms with Crippen molar-refractivity contribution in [3.63, 3.8) is 0 Å². The van der Waals surface area contributed by atoms with E-state index in [-0.39, 0.29) is 33.8 Å². The average molecular weight is 637 g/mol. The maximum Gasteiger partial charge on any atom is 0.330 e. The molecule has 0 saturated carbocycles. The van der Waals surface area contributed by atoms with Crippen LogP contribution >= 0.6 is 0 Å². The zero-order valence-corrected chi connectivity index (χ0v) is 24.0. The summed E-state index contributed by atoms with van der Waals surface area (Å²) in [5, 5.41) is 61.0. The highest BCUT2D eigenvalue weighted by molar-refractivity contribution is 5.88. The molecule has 0 radical (unpaired) electrons. The van der Waals surface area contributed by atoms with Crippen LogP contribution in [0.5, 0.6) is 28.7 Å². The maximum atomic E-state index is 13.7. The van der Waals surface area contributed by atoms with Crippen molar-refractivity contribution in [1.82, 2.24) is 0 Å². The molecule has 1 aromatic heterocycles. The van der Waals surface area contributed by atoms with Crippen LogP contribution in [0.25, 0.3) is 28.4 Å². The van der Waals surface area contributed by atoms with Gasteiger partial charge in [0.2, 0.25) is 17.5 Å². The van der Waals surface area contributed by atoms with Gasteiger partial charge in [0.05, 0.1) is 0 Å². The number of phenols is 4. The Balaban J connectivity index is 1.46. The number of phenolic OH excluding ortho intramolecular Hbond substituents is 4. The molecule has 0 amide bonds. The Hall–Kier alpha value is -5.57. The van der Waals surface area contributed by atoms with Crippen molar-refractivity contribution in [2.75, 3.05) is 6.61 Å². The lowest BCUT2D eigenvalue weighted by atomic mass is 9.99. The van der Waals surface area contributed by atoms with Gasteiger partial charge in [-0.1, -0.05) is 12.1 Å². The second kappa shape index (κ2) is 13.2. The van der Waals surface area contributed by atoms with E-state index in [0.717, 1.165) is 25.1 Å². The van der Waals surface area contributed by atoms with E-state index in [1.165, 1.54) is 42.5 Å². The van der Waals surface area contributed by atoms with E-state index in [1.54, 1.807) is 12.1 Å². The topological polar surface area (TPSA) is 223 Å². The van der Waals surface area contributed by atoms with Crippen LogP contribution in [0.4, 0.5) is 0 Å². The first-order valence-corrected chi connectivity index (χ1v) is 13.7. The molecule has 6 N–H and O–H groups in total. The third-order valence-electron chi connectivity index (χ3n) is 6.92. The highest BCUT2D eigenvalue weighted by Gasteiger charge is 2.48. The average Bonchev–Trinajstić information content (AvgIpc) is 3.00. The SMILES string of the molecule is CC(=O)OC1C(COC(=O)C=Cc2ccc(O)cc2)OC(Oc2c(-c3ccc(O)cc3)oc3cc(O)cc(O)c3c2=O)C(O)C1O. The molecule has 5 atom stereocenters. The molecule has 1 aliphatic rings. The van der Waals surface area contributed by atoms with Gasteiger partial charge in [-0.2, -0.15) is 0 Å². The van der Waals surface area contributed by atoms with Crippen LogP contribution in [0.1, 0.15) is 12.5 Å². The van der Waals surface area contributed by atoms with Gasteiger partial charge in [-0.05, 0) is 48.0 Å². The van der Waals surface area contributed by atoms with Gasteiger partial charge in [0.25, 0.3) is 0 Å². The molecular weight excluding hydrogens is 608 g/mol. The zero-order valence-electron chi connectivity index (χ0n) is 24.0. The van der Waals surface area contributed by atoms with Crippen LogP contribution in [-0.2, 0) is 23.8 Å². The van der Waals surface area contributed by atoms with Crippen LogP contribution in [0.15, 0.2) is 76.0 Å². The third-order valence-corrected chi connectivity index (χ3v) is 6.92. The molecule has 5 rings (SSSR count). The van der Waals surface area contributed by atoms with Gasteiger partial charge in [0, 0.05) is 30.7 Å². The minimum absolute atomic E-state index is 0.0379. The Morgan fingerprint density at radius 1 is 0.891 bits per heavy atom. The molecule has 0 aliphatic carbocycles. The van der Waals surface area contributed by atoms with E-state index in [1.807, 2.05) is 0 Å². The summed E-state index contributed by atoms with van der Waals surface area (Å²) < 4.78 is 27.8. The molecule has 0 bridgehead atoms. The molecule has 4 aromatic rings. The Labute approximate surface area is 259 Å². The first kappa shape index (κ1) is 31.8. The predicted octanol–water partition coefficient (Wildman–Crippen LogP) is 2.30. The lowest BCUT2D eigenvalue weighted by Gasteiger charge is -2.41. The molecule has 46 heavy (non-hydrogen) atoms. The van der Waals surface area contributed by atoms with Crippen LogP contribution in [0.2, 0.25) is 0 Å². The number of ether oxygens (including phenoxy) is 4. The van der Waals surface area contributed by atoms with Crippen LogP contribution in [0, 0.1) is 0 Å². The number of hydrogen-bond acceptors (Lipinski definition) is 14. The zero-order chi connectivity index (χ0) is 33.1. The smallest absolute Gasteiger partial charge is 0.330 e. The molecule has 1 aliphatic heterocycles. The van der Waals surface area contributed by atoms with E-state index in [0.29, 0.717) is 5.56 Å². The molecule has 3 aromatic carbocycles. The summed E-state index contributed by atoms with van der Waals surface area (Å²) >= 11 is 0. The molecular formula is C32H28O14. The number of fused-ring (bicyclic) bond motifs is 1. The minimum Gasteiger partial charge on any atom is -0.508 e. The Morgan fingerprint density at radius 2 is 1.54 bits per heavy atom. The lowest BCUT2D eigenvalue weighted by Crippen LogP contribution is -2.61. The first-order chi connectivity index (χ1) is 21.9. The van der Waals surface area contributed by atoms with Crippen molar-refractivity contribution in [3.8, 4) is 40.1 Å². The van der Waals surface area contributed by atoms with Crippen molar-refractivity contribution in [2.24, 2.45) is 0 Å². The summed E-state index contributed by atoms with van der Waals surface area (Å²) in [6.07, 6.45) is -6.06. The van der Waals surface area contributed by atoms with Gasteiger partial charge in [-0.3, -0.25) is 9.59 Å². The number of aliphatic hydroxyl groups is 2. The Kier molecular flexibility index (Phi) is 9.13. The van der Waals surface area contributed by atoms with Gasteiger partial charge in [-0.25, -0.2) is 4.79 Å². The van der Waals surface area contributed by atoms with Gasteiger partial charge in [0.15, 0.2) is 11.9 Å². The van der Waals surface area contributed by atoms with Crippen LogP contribution in [0.3, 0.4) is 0 Å². The van der Waals surface area contributed by atoms with Crippen LogP contribution in [-0.4, -0.2) is 79.9 Å². The lowest BCUT2D eigenvalue weighted by molar-refractivity contribution is -0.282. The van der Waals surface area contributed by atoms with Gasteiger partial charge < -0.3 is 54.0 Å². The largest absolute Gasteiger partial charge is 0.508 e. The Bertz CT molecular complexity index is 1830. The molecule has 1 saturated heterocycles. The first-order valence-electron chi connectivity index (χ1n) is 13.7. The number of esters is 2. The van der Waals surface area contributed by atoms with Crippen LogP contribution < -0.4 is 10.2 Å². The molecule has 14 nitrogen and oxygen atoms in total. The normalized spacial score (nSPS) is 21.2. The highest BCUT2D eigenvalue weighted by Crippen LogP contribution is 2.37. The number of aliphatic hydroxyl groups excluding tert-OH is 2. The second-order valence-electron chi connectivity index (χ2n) is 10.2. The van der Waals surface area contributed by atoms with E-state index in [9.17, 15) is 45.0 Å². The summed E-state index contributed by atoms with van der Waals surface area (Å²) in [5.74, 6) is -3.64. The van der Waals surface area contributed by atoms with E-state index in [4.69, 9.17) is 23.4 Å². The fraction of sp³-hybridized carbons (Fsp3) is 0.219. The molecule has 2 heterocycles. The molecule has 240 valence electrons. The number of benzene rings is 3. The number of aromatic hydroxyl groups is 4. The summed E-state index contributed by atoms with van der Waals surface area (Å²) in [6, 6.07) is 13.3. The van der Waals surface area contributed by atoms with Gasteiger partial charge >= 0.3 is 11.9 Å².